The van der Waals surface area contributed by atoms with Crippen molar-refractivity contribution in [2.75, 3.05) is 0 Å². The van der Waals surface area contributed by atoms with Crippen molar-refractivity contribution in [3.63, 3.8) is 0 Å². The second kappa shape index (κ2) is 6.34. The summed E-state index contributed by atoms with van der Waals surface area (Å²) in [5.74, 6) is 0. The quantitative estimate of drug-likeness (QED) is 0.749. The number of hydrogen-bond acceptors (Lipinski definition) is 2. The number of benzene rings is 1. The van der Waals surface area contributed by atoms with E-state index >= 15 is 0 Å². The fourth-order valence-corrected chi connectivity index (χ4v) is 3.30. The van der Waals surface area contributed by atoms with Gasteiger partial charge in [-0.3, -0.25) is 0 Å². The molecule has 90 valence electrons. The molecule has 2 rings (SSSR count). The summed E-state index contributed by atoms with van der Waals surface area (Å²) >= 11 is 14.6. The van der Waals surface area contributed by atoms with Gasteiger partial charge >= 0.3 is 0 Å². The van der Waals surface area contributed by atoms with Crippen LogP contribution in [0.15, 0.2) is 38.6 Å². The lowest BCUT2D eigenvalue weighted by Crippen LogP contribution is -2.11. The van der Waals surface area contributed by atoms with Crippen molar-refractivity contribution < 1.29 is 0 Å². The Morgan fingerprint density at radius 3 is 2.65 bits per heavy atom. The van der Waals surface area contributed by atoms with Gasteiger partial charge in [0, 0.05) is 32.3 Å². The van der Waals surface area contributed by atoms with Gasteiger partial charge in [0.2, 0.25) is 0 Å². The van der Waals surface area contributed by atoms with Gasteiger partial charge in [-0.2, -0.15) is 0 Å². The summed E-state index contributed by atoms with van der Waals surface area (Å²) < 4.78 is 2.08. The molecule has 1 aromatic carbocycles. The highest BCUT2D eigenvalue weighted by molar-refractivity contribution is 9.10. The molecule has 0 aliphatic heterocycles. The van der Waals surface area contributed by atoms with Crippen molar-refractivity contribution in [3.8, 4) is 0 Å². The second-order valence-corrected chi connectivity index (χ2v) is 6.76. The van der Waals surface area contributed by atoms with Crippen LogP contribution in [-0.2, 0) is 13.1 Å². The molecule has 0 saturated carbocycles. The van der Waals surface area contributed by atoms with E-state index in [1.165, 1.54) is 10.4 Å². The van der Waals surface area contributed by atoms with Crippen LogP contribution in [0.1, 0.15) is 10.4 Å². The van der Waals surface area contributed by atoms with Crippen LogP contribution in [0.2, 0.25) is 5.02 Å². The first-order valence-electron chi connectivity index (χ1n) is 5.03. The lowest BCUT2D eigenvalue weighted by Gasteiger charge is -2.04. The molecule has 0 atom stereocenters. The van der Waals surface area contributed by atoms with E-state index in [9.17, 15) is 0 Å². The van der Waals surface area contributed by atoms with Gasteiger partial charge in [-0.25, -0.2) is 0 Å². The summed E-state index contributed by atoms with van der Waals surface area (Å²) in [4.78, 5) is 1.32. The summed E-state index contributed by atoms with van der Waals surface area (Å²) in [5, 5.41) is 6.24. The van der Waals surface area contributed by atoms with Crippen LogP contribution in [-0.4, -0.2) is 0 Å². The number of nitrogens with one attached hydrogen (secondary N) is 1. The van der Waals surface area contributed by atoms with Crippen LogP contribution < -0.4 is 5.32 Å². The minimum Gasteiger partial charge on any atom is -0.308 e. The number of halogens is 3. The molecule has 0 amide bonds. The number of thiophene rings is 1. The monoisotopic (exact) mass is 393 g/mol. The molecule has 17 heavy (non-hydrogen) atoms. The average Bonchev–Trinajstić information content (AvgIpc) is 2.70. The van der Waals surface area contributed by atoms with Crippen molar-refractivity contribution in [3.05, 3.63) is 54.1 Å². The molecule has 0 radical (unpaired) electrons. The third-order valence-corrected chi connectivity index (χ3v) is 5.16. The van der Waals surface area contributed by atoms with E-state index in [1.807, 2.05) is 12.1 Å². The molecule has 0 aliphatic rings. The van der Waals surface area contributed by atoms with Crippen molar-refractivity contribution in [1.82, 2.24) is 5.32 Å². The van der Waals surface area contributed by atoms with Gasteiger partial charge in [0.25, 0.3) is 0 Å². The van der Waals surface area contributed by atoms with Crippen molar-refractivity contribution in [2.45, 2.75) is 13.1 Å². The summed E-state index contributed by atoms with van der Waals surface area (Å²) in [5.41, 5.74) is 1.19. The van der Waals surface area contributed by atoms with Crippen LogP contribution in [0, 0.1) is 0 Å². The van der Waals surface area contributed by atoms with Gasteiger partial charge in [0.1, 0.15) is 0 Å². The molecule has 0 bridgehead atoms. The average molecular weight is 396 g/mol. The largest absolute Gasteiger partial charge is 0.308 e. The molecule has 1 aromatic heterocycles. The van der Waals surface area contributed by atoms with Gasteiger partial charge in [-0.1, -0.05) is 17.7 Å². The lowest BCUT2D eigenvalue weighted by atomic mass is 10.2. The third-order valence-electron chi connectivity index (χ3n) is 2.23. The van der Waals surface area contributed by atoms with Crippen LogP contribution in [0.25, 0.3) is 0 Å². The van der Waals surface area contributed by atoms with Crippen LogP contribution >= 0.6 is 54.8 Å². The molecular weight excluding hydrogens is 385 g/mol. The fraction of sp³-hybridized carbons (Fsp3) is 0.167. The molecule has 0 unspecified atom stereocenters. The van der Waals surface area contributed by atoms with E-state index in [-0.39, 0.29) is 0 Å². The molecule has 5 heteroatoms. The minimum absolute atomic E-state index is 0.753. The third kappa shape index (κ3) is 4.07. The second-order valence-electron chi connectivity index (χ2n) is 3.58. The highest BCUT2D eigenvalue weighted by Gasteiger charge is 2.00. The fourth-order valence-electron chi connectivity index (χ4n) is 1.43. The van der Waals surface area contributed by atoms with Crippen molar-refractivity contribution in [1.29, 1.82) is 0 Å². The van der Waals surface area contributed by atoms with Crippen molar-refractivity contribution >= 4 is 54.8 Å². The predicted molar refractivity (Wildman–Crippen MR) is 81.7 cm³/mol. The first kappa shape index (κ1) is 13.6. The van der Waals surface area contributed by atoms with Gasteiger partial charge in [-0.15, -0.1) is 11.3 Å². The Bertz CT molecular complexity index is 513. The van der Waals surface area contributed by atoms with E-state index in [0.29, 0.717) is 0 Å². The number of rotatable bonds is 4. The SMILES string of the molecule is Clc1cc(CNCc2cc(Br)cs2)ccc1Br. The highest BCUT2D eigenvalue weighted by Crippen LogP contribution is 2.23. The zero-order valence-corrected chi connectivity index (χ0v) is 13.6. The first-order chi connectivity index (χ1) is 8.15. The van der Waals surface area contributed by atoms with Crippen molar-refractivity contribution in [2.24, 2.45) is 0 Å². The summed E-state index contributed by atoms with van der Waals surface area (Å²) in [7, 11) is 0. The Labute approximate surface area is 126 Å². The zero-order chi connectivity index (χ0) is 12.3. The molecule has 0 fully saturated rings. The standard InChI is InChI=1S/C12H10Br2ClNS/c13-9-4-10(17-7-9)6-16-5-8-1-2-11(14)12(15)3-8/h1-4,7,16H,5-6H2. The Morgan fingerprint density at radius 2 is 2.00 bits per heavy atom. The first-order valence-corrected chi connectivity index (χ1v) is 7.87. The van der Waals surface area contributed by atoms with Gasteiger partial charge < -0.3 is 5.32 Å². The minimum atomic E-state index is 0.753. The maximum atomic E-state index is 6.03. The Hall–Kier alpha value is 0.130. The topological polar surface area (TPSA) is 12.0 Å². The molecule has 1 heterocycles. The van der Waals surface area contributed by atoms with E-state index in [0.717, 1.165) is 27.1 Å². The molecule has 0 spiro atoms. The summed E-state index contributed by atoms with van der Waals surface area (Å²) in [6, 6.07) is 8.14. The van der Waals surface area contributed by atoms with Gasteiger partial charge in [0.15, 0.2) is 0 Å². The highest BCUT2D eigenvalue weighted by atomic mass is 79.9. The van der Waals surface area contributed by atoms with Gasteiger partial charge in [-0.05, 0) is 55.6 Å². The lowest BCUT2D eigenvalue weighted by molar-refractivity contribution is 0.701. The van der Waals surface area contributed by atoms with Crippen LogP contribution in [0.5, 0.6) is 0 Å². The Morgan fingerprint density at radius 1 is 1.18 bits per heavy atom. The van der Waals surface area contributed by atoms with Gasteiger partial charge in [0.05, 0.1) is 5.02 Å². The van der Waals surface area contributed by atoms with E-state index < -0.39 is 0 Å². The predicted octanol–water partition coefficient (Wildman–Crippen LogP) is 5.22. The molecule has 1 nitrogen and oxygen atoms in total. The van der Waals surface area contributed by atoms with Crippen LogP contribution in [0.3, 0.4) is 0 Å². The molecule has 2 aromatic rings. The normalized spacial score (nSPS) is 10.8. The Kier molecular flexibility index (Phi) is 5.06. The Balaban J connectivity index is 1.87. The molecule has 0 saturated heterocycles. The van der Waals surface area contributed by atoms with Crippen LogP contribution in [0.4, 0.5) is 0 Å². The molecule has 1 N–H and O–H groups in total. The zero-order valence-electron chi connectivity index (χ0n) is 8.84. The maximum absolute atomic E-state index is 6.03. The van der Waals surface area contributed by atoms with E-state index in [2.05, 4.69) is 54.7 Å². The molecule has 0 aliphatic carbocycles. The summed E-state index contributed by atoms with van der Waals surface area (Å²) in [6.45, 7) is 1.70. The number of hydrogen-bond donors (Lipinski definition) is 1. The summed E-state index contributed by atoms with van der Waals surface area (Å²) in [6.07, 6.45) is 0. The smallest absolute Gasteiger partial charge is 0.0551 e. The van der Waals surface area contributed by atoms with E-state index in [4.69, 9.17) is 11.6 Å². The van der Waals surface area contributed by atoms with E-state index in [1.54, 1.807) is 11.3 Å². The molecular formula is C12H10Br2ClNS. The maximum Gasteiger partial charge on any atom is 0.0551 e.